The van der Waals surface area contributed by atoms with E-state index >= 15 is 0 Å². The highest BCUT2D eigenvalue weighted by molar-refractivity contribution is 6.44. The zero-order valence-corrected chi connectivity index (χ0v) is 14.2. The summed E-state index contributed by atoms with van der Waals surface area (Å²) in [6, 6.07) is 11.2. The second-order valence-corrected chi connectivity index (χ2v) is 5.79. The number of carbonyl (C=O) groups is 3. The van der Waals surface area contributed by atoms with Gasteiger partial charge in [-0.15, -0.1) is 0 Å². The van der Waals surface area contributed by atoms with E-state index in [1.807, 2.05) is 0 Å². The highest BCUT2D eigenvalue weighted by atomic mass is 35.5. The fraction of sp³-hybridized carbons (Fsp3) is 0.118. The molecule has 2 amide bonds. The molecule has 2 aromatic rings. The number of amides is 2. The number of nitrogens with one attached hydrogen (secondary N) is 2. The van der Waals surface area contributed by atoms with Crippen LogP contribution in [0.3, 0.4) is 0 Å². The van der Waals surface area contributed by atoms with E-state index in [0.717, 1.165) is 0 Å². The van der Waals surface area contributed by atoms with E-state index < -0.39 is 11.8 Å². The van der Waals surface area contributed by atoms with E-state index in [0.29, 0.717) is 22.0 Å². The SMILES string of the molecule is CC(=O)c1ccc(NC(=O)CC(=O)Nc2cccc(Cl)c2Cl)cc1. The van der Waals surface area contributed by atoms with Crippen molar-refractivity contribution >= 4 is 52.2 Å². The molecule has 0 saturated carbocycles. The number of ketones is 1. The molecule has 0 saturated heterocycles. The first kappa shape index (κ1) is 18.0. The Morgan fingerprint density at radius 2 is 1.54 bits per heavy atom. The van der Waals surface area contributed by atoms with Gasteiger partial charge < -0.3 is 10.6 Å². The van der Waals surface area contributed by atoms with Crippen molar-refractivity contribution in [2.24, 2.45) is 0 Å². The minimum Gasteiger partial charge on any atom is -0.326 e. The molecule has 2 N–H and O–H groups in total. The molecule has 0 aromatic heterocycles. The minimum absolute atomic E-state index is 0.0642. The first-order valence-corrected chi connectivity index (χ1v) is 7.77. The Morgan fingerprint density at radius 3 is 2.17 bits per heavy atom. The van der Waals surface area contributed by atoms with E-state index in [1.165, 1.54) is 6.92 Å². The van der Waals surface area contributed by atoms with Gasteiger partial charge in [0.15, 0.2) is 5.78 Å². The summed E-state index contributed by atoms with van der Waals surface area (Å²) in [5, 5.41) is 5.64. The molecule has 7 heteroatoms. The van der Waals surface area contributed by atoms with E-state index in [4.69, 9.17) is 23.2 Å². The van der Waals surface area contributed by atoms with Crippen molar-refractivity contribution in [3.05, 3.63) is 58.1 Å². The summed E-state index contributed by atoms with van der Waals surface area (Å²) in [6.45, 7) is 1.46. The van der Waals surface area contributed by atoms with Crippen LogP contribution in [0, 0.1) is 0 Å². The molecule has 5 nitrogen and oxygen atoms in total. The molecule has 0 aliphatic rings. The number of Topliss-reactive ketones (excluding diaryl/α,β-unsaturated/α-hetero) is 1. The molecule has 24 heavy (non-hydrogen) atoms. The third-order valence-corrected chi connectivity index (χ3v) is 3.94. The van der Waals surface area contributed by atoms with Crippen molar-refractivity contribution < 1.29 is 14.4 Å². The van der Waals surface area contributed by atoms with Crippen LogP contribution in [-0.4, -0.2) is 17.6 Å². The zero-order valence-electron chi connectivity index (χ0n) is 12.7. The lowest BCUT2D eigenvalue weighted by Gasteiger charge is -2.09. The van der Waals surface area contributed by atoms with Gasteiger partial charge in [0.25, 0.3) is 0 Å². The minimum atomic E-state index is -0.517. The Bertz CT molecular complexity index is 789. The number of benzene rings is 2. The lowest BCUT2D eigenvalue weighted by atomic mass is 10.1. The van der Waals surface area contributed by atoms with Crippen LogP contribution in [0.25, 0.3) is 0 Å². The summed E-state index contributed by atoms with van der Waals surface area (Å²) >= 11 is 11.8. The molecule has 0 bridgehead atoms. The van der Waals surface area contributed by atoms with Crippen molar-refractivity contribution in [3.63, 3.8) is 0 Å². The van der Waals surface area contributed by atoms with Crippen LogP contribution < -0.4 is 10.6 Å². The van der Waals surface area contributed by atoms with E-state index in [1.54, 1.807) is 42.5 Å². The molecule has 124 valence electrons. The average Bonchev–Trinajstić information content (AvgIpc) is 2.52. The normalized spacial score (nSPS) is 10.1. The fourth-order valence-corrected chi connectivity index (χ4v) is 2.28. The summed E-state index contributed by atoms with van der Waals surface area (Å²) in [5.41, 5.74) is 1.38. The van der Waals surface area contributed by atoms with Crippen molar-refractivity contribution in [2.75, 3.05) is 10.6 Å². The van der Waals surface area contributed by atoms with E-state index in [9.17, 15) is 14.4 Å². The standard InChI is InChI=1S/C17H14Cl2N2O3/c1-10(22)11-5-7-12(8-6-11)20-15(23)9-16(24)21-14-4-2-3-13(18)17(14)19/h2-8H,9H2,1H3,(H,20,23)(H,21,24). The van der Waals surface area contributed by atoms with Gasteiger partial charge in [-0.2, -0.15) is 0 Å². The molecule has 0 heterocycles. The number of hydrogen-bond donors (Lipinski definition) is 2. The van der Waals surface area contributed by atoms with Gasteiger partial charge in [0.2, 0.25) is 11.8 Å². The van der Waals surface area contributed by atoms with Gasteiger partial charge in [-0.3, -0.25) is 14.4 Å². The van der Waals surface area contributed by atoms with Crippen molar-refractivity contribution in [1.29, 1.82) is 0 Å². The smallest absolute Gasteiger partial charge is 0.233 e. The fourth-order valence-electron chi connectivity index (χ4n) is 1.93. The molecular weight excluding hydrogens is 351 g/mol. The van der Waals surface area contributed by atoms with Gasteiger partial charge in [0.1, 0.15) is 6.42 Å². The second-order valence-electron chi connectivity index (χ2n) is 5.01. The van der Waals surface area contributed by atoms with Crippen LogP contribution in [0.5, 0.6) is 0 Å². The first-order chi connectivity index (χ1) is 11.4. The number of rotatable bonds is 5. The quantitative estimate of drug-likeness (QED) is 0.617. The number of hydrogen-bond acceptors (Lipinski definition) is 3. The Morgan fingerprint density at radius 1 is 0.917 bits per heavy atom. The molecule has 0 radical (unpaired) electrons. The highest BCUT2D eigenvalue weighted by Gasteiger charge is 2.12. The third kappa shape index (κ3) is 4.81. The summed E-state index contributed by atoms with van der Waals surface area (Å²) in [4.78, 5) is 35.0. The monoisotopic (exact) mass is 364 g/mol. The molecule has 0 aliphatic heterocycles. The van der Waals surface area contributed by atoms with Crippen LogP contribution in [0.1, 0.15) is 23.7 Å². The number of halogens is 2. The van der Waals surface area contributed by atoms with Crippen LogP contribution in [0.15, 0.2) is 42.5 Å². The Labute approximate surface area is 149 Å². The lowest BCUT2D eigenvalue weighted by molar-refractivity contribution is -0.123. The Balaban J connectivity index is 1.93. The van der Waals surface area contributed by atoms with Gasteiger partial charge in [-0.25, -0.2) is 0 Å². The maximum absolute atomic E-state index is 11.9. The number of anilines is 2. The van der Waals surface area contributed by atoms with Crippen LogP contribution in [0.2, 0.25) is 10.0 Å². The highest BCUT2D eigenvalue weighted by Crippen LogP contribution is 2.29. The molecule has 0 spiro atoms. The van der Waals surface area contributed by atoms with Gasteiger partial charge in [0, 0.05) is 11.3 Å². The van der Waals surface area contributed by atoms with Crippen molar-refractivity contribution in [3.8, 4) is 0 Å². The Hall–Kier alpha value is -2.37. The van der Waals surface area contributed by atoms with Crippen LogP contribution >= 0.6 is 23.2 Å². The summed E-state index contributed by atoms with van der Waals surface area (Å²) in [5.74, 6) is -1.07. The van der Waals surface area contributed by atoms with Crippen LogP contribution in [0.4, 0.5) is 11.4 Å². The summed E-state index contributed by atoms with van der Waals surface area (Å²) in [7, 11) is 0. The Kier molecular flexibility index (Phi) is 5.95. The first-order valence-electron chi connectivity index (χ1n) is 7.01. The topological polar surface area (TPSA) is 75.3 Å². The predicted octanol–water partition coefficient (Wildman–Crippen LogP) is 4.16. The van der Waals surface area contributed by atoms with E-state index in [-0.39, 0.29) is 17.2 Å². The second kappa shape index (κ2) is 7.95. The predicted molar refractivity (Wildman–Crippen MR) is 94.8 cm³/mol. The van der Waals surface area contributed by atoms with Gasteiger partial charge >= 0.3 is 0 Å². The molecule has 2 rings (SSSR count). The van der Waals surface area contributed by atoms with Gasteiger partial charge in [-0.1, -0.05) is 29.3 Å². The maximum Gasteiger partial charge on any atom is 0.233 e. The molecule has 0 fully saturated rings. The van der Waals surface area contributed by atoms with E-state index in [2.05, 4.69) is 10.6 Å². The molecule has 0 unspecified atom stereocenters. The molecule has 2 aromatic carbocycles. The van der Waals surface area contributed by atoms with Gasteiger partial charge in [0.05, 0.1) is 15.7 Å². The van der Waals surface area contributed by atoms with Crippen LogP contribution in [-0.2, 0) is 9.59 Å². The lowest BCUT2D eigenvalue weighted by Crippen LogP contribution is -2.21. The summed E-state index contributed by atoms with van der Waals surface area (Å²) < 4.78 is 0. The molecular formula is C17H14Cl2N2O3. The zero-order chi connectivity index (χ0) is 17.7. The van der Waals surface area contributed by atoms with Crippen molar-refractivity contribution in [1.82, 2.24) is 0 Å². The van der Waals surface area contributed by atoms with Crippen molar-refractivity contribution in [2.45, 2.75) is 13.3 Å². The van der Waals surface area contributed by atoms with Gasteiger partial charge in [-0.05, 0) is 43.3 Å². The largest absolute Gasteiger partial charge is 0.326 e. The average molecular weight is 365 g/mol. The maximum atomic E-state index is 11.9. The summed E-state index contributed by atoms with van der Waals surface area (Å²) in [6.07, 6.45) is -0.378. The molecule has 0 atom stereocenters. The number of carbonyl (C=O) groups excluding carboxylic acids is 3. The third-order valence-electron chi connectivity index (χ3n) is 3.12. The molecule has 0 aliphatic carbocycles.